The van der Waals surface area contributed by atoms with E-state index in [2.05, 4.69) is 43.4 Å². The molecule has 0 aromatic heterocycles. The summed E-state index contributed by atoms with van der Waals surface area (Å²) in [5, 5.41) is 13.9. The Hall–Kier alpha value is -0.900. The highest BCUT2D eigenvalue weighted by Gasteiger charge is 2.32. The molecule has 106 valence electrons. The zero-order valence-corrected chi connectivity index (χ0v) is 11.9. The second-order valence-corrected chi connectivity index (χ2v) is 6.00. The number of benzene rings is 1. The number of rotatable bonds is 6. The van der Waals surface area contributed by atoms with Crippen LogP contribution in [0.1, 0.15) is 38.3 Å². The van der Waals surface area contributed by atoms with Crippen molar-refractivity contribution in [1.82, 2.24) is 5.32 Å². The van der Waals surface area contributed by atoms with Gasteiger partial charge in [-0.15, -0.1) is 0 Å². The molecule has 0 radical (unpaired) electrons. The molecule has 1 aliphatic rings. The Balaban J connectivity index is 1.98. The van der Waals surface area contributed by atoms with Crippen LogP contribution in [0.25, 0.3) is 0 Å². The molecule has 1 aromatic carbocycles. The third-order valence-corrected chi connectivity index (χ3v) is 3.67. The Kier molecular flexibility index (Phi) is 4.97. The fourth-order valence-corrected chi connectivity index (χ4v) is 2.54. The molecule has 2 N–H and O–H groups in total. The van der Waals surface area contributed by atoms with Crippen molar-refractivity contribution in [3.05, 3.63) is 35.9 Å². The van der Waals surface area contributed by atoms with Crippen LogP contribution in [0.5, 0.6) is 0 Å². The number of aliphatic hydroxyl groups is 1. The number of nitrogens with one attached hydrogen (secondary N) is 1. The van der Waals surface area contributed by atoms with Gasteiger partial charge in [0.2, 0.25) is 0 Å². The van der Waals surface area contributed by atoms with Crippen molar-refractivity contribution in [3.8, 4) is 0 Å². The topological polar surface area (TPSA) is 41.5 Å². The van der Waals surface area contributed by atoms with E-state index in [0.717, 1.165) is 12.8 Å². The van der Waals surface area contributed by atoms with Gasteiger partial charge in [-0.3, -0.25) is 0 Å². The van der Waals surface area contributed by atoms with Gasteiger partial charge in [-0.05, 0) is 17.9 Å². The molecule has 0 aliphatic carbocycles. The van der Waals surface area contributed by atoms with Crippen LogP contribution in [0, 0.1) is 5.92 Å². The maximum absolute atomic E-state index is 10.3. The van der Waals surface area contributed by atoms with Crippen LogP contribution in [-0.2, 0) is 4.74 Å². The average Bonchev–Trinajstić information content (AvgIpc) is 2.83. The molecule has 0 spiro atoms. The van der Waals surface area contributed by atoms with Crippen LogP contribution < -0.4 is 5.32 Å². The van der Waals surface area contributed by atoms with Crippen molar-refractivity contribution >= 4 is 0 Å². The van der Waals surface area contributed by atoms with Crippen LogP contribution in [0.15, 0.2) is 30.3 Å². The first-order valence-electron chi connectivity index (χ1n) is 7.17. The van der Waals surface area contributed by atoms with Gasteiger partial charge < -0.3 is 15.2 Å². The minimum atomic E-state index is -0.690. The van der Waals surface area contributed by atoms with Crippen LogP contribution in [0.2, 0.25) is 0 Å². The minimum absolute atomic E-state index is 0.297. The van der Waals surface area contributed by atoms with E-state index < -0.39 is 5.60 Å². The van der Waals surface area contributed by atoms with Gasteiger partial charge in [-0.2, -0.15) is 0 Å². The molecular formula is C16H25NO2. The molecule has 1 saturated heterocycles. The second kappa shape index (κ2) is 6.51. The Morgan fingerprint density at radius 1 is 1.32 bits per heavy atom. The highest BCUT2D eigenvalue weighted by Crippen LogP contribution is 2.23. The fourth-order valence-electron chi connectivity index (χ4n) is 2.54. The average molecular weight is 263 g/mol. The van der Waals surface area contributed by atoms with E-state index in [1.54, 1.807) is 0 Å². The summed E-state index contributed by atoms with van der Waals surface area (Å²) in [5.74, 6) is 0.618. The quantitative estimate of drug-likeness (QED) is 0.828. The van der Waals surface area contributed by atoms with Gasteiger partial charge in [0, 0.05) is 25.6 Å². The van der Waals surface area contributed by atoms with Gasteiger partial charge in [0.25, 0.3) is 0 Å². The molecule has 0 bridgehead atoms. The fraction of sp³-hybridized carbons (Fsp3) is 0.625. The van der Waals surface area contributed by atoms with E-state index in [1.807, 2.05) is 6.07 Å². The minimum Gasteiger partial charge on any atom is -0.386 e. The molecule has 3 heteroatoms. The lowest BCUT2D eigenvalue weighted by atomic mass is 9.95. The zero-order chi connectivity index (χ0) is 13.7. The second-order valence-electron chi connectivity index (χ2n) is 6.00. The third-order valence-electron chi connectivity index (χ3n) is 3.67. The molecule has 2 unspecified atom stereocenters. The molecular weight excluding hydrogens is 238 g/mol. The first-order valence-corrected chi connectivity index (χ1v) is 7.17. The lowest BCUT2D eigenvalue weighted by Gasteiger charge is -2.27. The molecule has 19 heavy (non-hydrogen) atoms. The molecule has 1 aliphatic heterocycles. The first kappa shape index (κ1) is 14.5. The summed E-state index contributed by atoms with van der Waals surface area (Å²) in [6, 6.07) is 10.8. The van der Waals surface area contributed by atoms with E-state index in [4.69, 9.17) is 4.74 Å². The van der Waals surface area contributed by atoms with Gasteiger partial charge >= 0.3 is 0 Å². The lowest BCUT2D eigenvalue weighted by molar-refractivity contribution is 0.0242. The number of hydrogen-bond donors (Lipinski definition) is 2. The summed E-state index contributed by atoms with van der Waals surface area (Å²) in [7, 11) is 0. The predicted octanol–water partition coefficient (Wildman–Crippen LogP) is 2.51. The normalized spacial score (nSPS) is 24.8. The van der Waals surface area contributed by atoms with Gasteiger partial charge in [0.05, 0.1) is 6.61 Å². The molecule has 0 amide bonds. The van der Waals surface area contributed by atoms with Gasteiger partial charge in [-0.1, -0.05) is 44.2 Å². The summed E-state index contributed by atoms with van der Waals surface area (Å²) in [6.45, 7) is 6.16. The van der Waals surface area contributed by atoms with Crippen molar-refractivity contribution in [2.24, 2.45) is 5.92 Å². The summed E-state index contributed by atoms with van der Waals surface area (Å²) >= 11 is 0. The van der Waals surface area contributed by atoms with Crippen molar-refractivity contribution in [3.63, 3.8) is 0 Å². The van der Waals surface area contributed by atoms with E-state index in [0.29, 0.717) is 31.7 Å². The summed E-state index contributed by atoms with van der Waals surface area (Å²) in [6.07, 6.45) is 1.80. The van der Waals surface area contributed by atoms with Crippen molar-refractivity contribution in [2.45, 2.75) is 38.3 Å². The molecule has 0 saturated carbocycles. The van der Waals surface area contributed by atoms with Crippen molar-refractivity contribution in [1.29, 1.82) is 0 Å². The van der Waals surface area contributed by atoms with Gasteiger partial charge in [0.1, 0.15) is 5.60 Å². The standard InChI is InChI=1S/C16H25NO2/c1-13(2)10-15(14-6-4-3-5-7-14)17-11-16(18)8-9-19-12-16/h3-7,13,15,17-18H,8-12H2,1-2H3. The molecule has 3 nitrogen and oxygen atoms in total. The Morgan fingerprint density at radius 3 is 2.63 bits per heavy atom. The molecule has 1 fully saturated rings. The van der Waals surface area contributed by atoms with E-state index >= 15 is 0 Å². The summed E-state index contributed by atoms with van der Waals surface area (Å²) < 4.78 is 5.29. The smallest absolute Gasteiger partial charge is 0.103 e. The Bertz CT molecular complexity index is 372. The van der Waals surface area contributed by atoms with E-state index in [1.165, 1.54) is 5.56 Å². The Morgan fingerprint density at radius 2 is 2.05 bits per heavy atom. The van der Waals surface area contributed by atoms with Crippen LogP contribution in [0.4, 0.5) is 0 Å². The molecule has 2 atom stereocenters. The van der Waals surface area contributed by atoms with E-state index in [-0.39, 0.29) is 0 Å². The molecule has 1 heterocycles. The predicted molar refractivity (Wildman–Crippen MR) is 77.0 cm³/mol. The SMILES string of the molecule is CC(C)CC(NCC1(O)CCOC1)c1ccccc1. The van der Waals surface area contributed by atoms with Crippen LogP contribution in [0.3, 0.4) is 0 Å². The van der Waals surface area contributed by atoms with Crippen molar-refractivity contribution in [2.75, 3.05) is 19.8 Å². The van der Waals surface area contributed by atoms with Crippen LogP contribution in [-0.4, -0.2) is 30.5 Å². The van der Waals surface area contributed by atoms with E-state index in [9.17, 15) is 5.11 Å². The first-order chi connectivity index (χ1) is 9.09. The molecule has 1 aromatic rings. The maximum atomic E-state index is 10.3. The highest BCUT2D eigenvalue weighted by molar-refractivity contribution is 5.19. The maximum Gasteiger partial charge on any atom is 0.103 e. The number of ether oxygens (including phenoxy) is 1. The third kappa shape index (κ3) is 4.30. The zero-order valence-electron chi connectivity index (χ0n) is 11.9. The van der Waals surface area contributed by atoms with Gasteiger partial charge in [-0.25, -0.2) is 0 Å². The largest absolute Gasteiger partial charge is 0.386 e. The number of hydrogen-bond acceptors (Lipinski definition) is 3. The summed E-state index contributed by atoms with van der Waals surface area (Å²) in [5.41, 5.74) is 0.600. The molecule has 2 rings (SSSR count). The highest BCUT2D eigenvalue weighted by atomic mass is 16.5. The summed E-state index contributed by atoms with van der Waals surface area (Å²) in [4.78, 5) is 0. The Labute approximate surface area is 116 Å². The van der Waals surface area contributed by atoms with Crippen LogP contribution >= 0.6 is 0 Å². The van der Waals surface area contributed by atoms with Crippen molar-refractivity contribution < 1.29 is 9.84 Å². The lowest BCUT2D eigenvalue weighted by Crippen LogP contribution is -2.42. The monoisotopic (exact) mass is 263 g/mol. The van der Waals surface area contributed by atoms with Gasteiger partial charge in [0.15, 0.2) is 0 Å².